The number of rotatable bonds is 3. The van der Waals surface area contributed by atoms with Crippen molar-refractivity contribution in [3.05, 3.63) is 34.9 Å². The first-order valence-corrected chi connectivity index (χ1v) is 7.47. The van der Waals surface area contributed by atoms with Crippen molar-refractivity contribution in [1.29, 1.82) is 0 Å². The van der Waals surface area contributed by atoms with Crippen LogP contribution < -0.4 is 0 Å². The van der Waals surface area contributed by atoms with Gasteiger partial charge in [0.25, 0.3) is 0 Å². The molecule has 2 amide bonds. The van der Waals surface area contributed by atoms with Gasteiger partial charge in [0, 0.05) is 51.8 Å². The Labute approximate surface area is 130 Å². The molecular weight excluding hydrogens is 290 g/mol. The van der Waals surface area contributed by atoms with E-state index < -0.39 is 6.10 Å². The first-order valence-electron chi connectivity index (χ1n) is 7.09. The van der Waals surface area contributed by atoms with Gasteiger partial charge in [-0.05, 0) is 17.7 Å². The molecule has 6 heteroatoms. The summed E-state index contributed by atoms with van der Waals surface area (Å²) >= 11 is 5.94. The summed E-state index contributed by atoms with van der Waals surface area (Å²) in [5.74, 6) is 0. The number of aliphatic hydroxyl groups excluding tert-OH is 1. The number of carbonyl (C=O) groups excluding carboxylic acids is 1. The zero-order chi connectivity index (χ0) is 15.4. The predicted octanol–water partition coefficient (Wildman–Crippen LogP) is 1.67. The molecule has 0 bridgehead atoms. The van der Waals surface area contributed by atoms with E-state index in [1.165, 1.54) is 0 Å². The first-order chi connectivity index (χ1) is 9.97. The third kappa shape index (κ3) is 4.33. The van der Waals surface area contributed by atoms with Crippen LogP contribution in [0.3, 0.4) is 0 Å². The fourth-order valence-corrected chi connectivity index (χ4v) is 2.67. The van der Waals surface area contributed by atoms with Crippen molar-refractivity contribution < 1.29 is 9.90 Å². The summed E-state index contributed by atoms with van der Waals surface area (Å²) < 4.78 is 0. The molecule has 5 nitrogen and oxygen atoms in total. The van der Waals surface area contributed by atoms with Gasteiger partial charge < -0.3 is 14.9 Å². The van der Waals surface area contributed by atoms with Gasteiger partial charge >= 0.3 is 6.03 Å². The maximum Gasteiger partial charge on any atom is 0.319 e. The highest BCUT2D eigenvalue weighted by Crippen LogP contribution is 2.19. The van der Waals surface area contributed by atoms with Crippen LogP contribution in [0.4, 0.5) is 4.79 Å². The lowest BCUT2D eigenvalue weighted by atomic mass is 10.1. The highest BCUT2D eigenvalue weighted by molar-refractivity contribution is 6.30. The van der Waals surface area contributed by atoms with Crippen LogP contribution in [-0.2, 0) is 0 Å². The Kier molecular flexibility index (Phi) is 5.45. The number of nitrogens with zero attached hydrogens (tertiary/aromatic N) is 3. The molecule has 1 aliphatic heterocycles. The van der Waals surface area contributed by atoms with Crippen molar-refractivity contribution in [3.8, 4) is 0 Å². The van der Waals surface area contributed by atoms with Crippen LogP contribution in [0.5, 0.6) is 0 Å². The Balaban J connectivity index is 1.85. The minimum absolute atomic E-state index is 0.0463. The molecule has 0 aliphatic carbocycles. The van der Waals surface area contributed by atoms with Crippen LogP contribution in [-0.4, -0.2) is 72.7 Å². The number of hydrogen-bond acceptors (Lipinski definition) is 3. The van der Waals surface area contributed by atoms with Gasteiger partial charge in [0.2, 0.25) is 0 Å². The van der Waals surface area contributed by atoms with Crippen molar-refractivity contribution in [1.82, 2.24) is 14.7 Å². The molecule has 0 saturated carbocycles. The molecule has 21 heavy (non-hydrogen) atoms. The average Bonchev–Trinajstić information content (AvgIpc) is 2.47. The van der Waals surface area contributed by atoms with Crippen LogP contribution >= 0.6 is 11.6 Å². The lowest BCUT2D eigenvalue weighted by Crippen LogP contribution is -2.52. The molecule has 0 spiro atoms. The molecule has 0 aromatic heterocycles. The molecule has 0 radical (unpaired) electrons. The van der Waals surface area contributed by atoms with Gasteiger partial charge in [-0.25, -0.2) is 4.79 Å². The molecule has 1 aromatic carbocycles. The van der Waals surface area contributed by atoms with Crippen LogP contribution in [0.15, 0.2) is 24.3 Å². The van der Waals surface area contributed by atoms with Gasteiger partial charge in [0.15, 0.2) is 0 Å². The fourth-order valence-electron chi connectivity index (χ4n) is 2.47. The SMILES string of the molecule is CN(C)C(=O)N1CCN(CC(O)c2cccc(Cl)c2)CC1. The maximum absolute atomic E-state index is 11.9. The number of halogens is 1. The minimum atomic E-state index is -0.556. The number of carbonyl (C=O) groups is 1. The highest BCUT2D eigenvalue weighted by Gasteiger charge is 2.23. The Morgan fingerprint density at radius 3 is 2.57 bits per heavy atom. The fraction of sp³-hybridized carbons (Fsp3) is 0.533. The van der Waals surface area contributed by atoms with Crippen molar-refractivity contribution in [3.63, 3.8) is 0 Å². The Morgan fingerprint density at radius 1 is 1.33 bits per heavy atom. The molecule has 1 N–H and O–H groups in total. The van der Waals surface area contributed by atoms with Crippen LogP contribution in [0.2, 0.25) is 5.02 Å². The number of aliphatic hydroxyl groups is 1. The van der Waals surface area contributed by atoms with Gasteiger partial charge in [0.1, 0.15) is 0 Å². The van der Waals surface area contributed by atoms with Gasteiger partial charge in [-0.1, -0.05) is 23.7 Å². The second kappa shape index (κ2) is 7.11. The molecule has 116 valence electrons. The van der Waals surface area contributed by atoms with Crippen LogP contribution in [0.1, 0.15) is 11.7 Å². The van der Waals surface area contributed by atoms with E-state index in [-0.39, 0.29) is 6.03 Å². The minimum Gasteiger partial charge on any atom is -0.387 e. The zero-order valence-corrected chi connectivity index (χ0v) is 13.3. The van der Waals surface area contributed by atoms with E-state index >= 15 is 0 Å². The highest BCUT2D eigenvalue weighted by atomic mass is 35.5. The lowest BCUT2D eigenvalue weighted by molar-refractivity contribution is 0.0762. The number of β-amino-alcohol motifs (C(OH)–C–C–N with tert-alkyl or cyclic N) is 1. The van der Waals surface area contributed by atoms with Crippen molar-refractivity contribution >= 4 is 17.6 Å². The van der Waals surface area contributed by atoms with Gasteiger partial charge in [-0.2, -0.15) is 0 Å². The van der Waals surface area contributed by atoms with Crippen LogP contribution in [0, 0.1) is 0 Å². The molecule has 1 aromatic rings. The van der Waals surface area contributed by atoms with Gasteiger partial charge in [-0.15, -0.1) is 0 Å². The third-order valence-electron chi connectivity index (χ3n) is 3.69. The number of urea groups is 1. The van der Waals surface area contributed by atoms with E-state index in [0.717, 1.165) is 18.7 Å². The molecule has 2 rings (SSSR count). The van der Waals surface area contributed by atoms with Gasteiger partial charge in [-0.3, -0.25) is 4.90 Å². The number of amides is 2. The second-order valence-electron chi connectivity index (χ2n) is 5.54. The van der Waals surface area contributed by atoms with E-state index in [2.05, 4.69) is 4.90 Å². The quantitative estimate of drug-likeness (QED) is 0.924. The Hall–Kier alpha value is -1.30. The maximum atomic E-state index is 11.9. The predicted molar refractivity (Wildman–Crippen MR) is 83.5 cm³/mol. The van der Waals surface area contributed by atoms with E-state index in [9.17, 15) is 9.90 Å². The molecule has 1 heterocycles. The molecule has 1 unspecified atom stereocenters. The molecule has 1 aliphatic rings. The average molecular weight is 312 g/mol. The summed E-state index contributed by atoms with van der Waals surface area (Å²) in [7, 11) is 3.52. The van der Waals surface area contributed by atoms with Gasteiger partial charge in [0.05, 0.1) is 6.10 Å². The summed E-state index contributed by atoms with van der Waals surface area (Å²) in [5.41, 5.74) is 0.828. The summed E-state index contributed by atoms with van der Waals surface area (Å²) in [6, 6.07) is 7.35. The normalized spacial score (nSPS) is 17.6. The summed E-state index contributed by atoms with van der Waals surface area (Å²) in [6.07, 6.45) is -0.556. The molecule has 1 saturated heterocycles. The topological polar surface area (TPSA) is 47.0 Å². The third-order valence-corrected chi connectivity index (χ3v) is 3.93. The standard InChI is InChI=1S/C15H22ClN3O2/c1-17(2)15(21)19-8-6-18(7-9-19)11-14(20)12-4-3-5-13(16)10-12/h3-5,10,14,20H,6-9,11H2,1-2H3. The molecule has 1 fully saturated rings. The van der Waals surface area contributed by atoms with Crippen molar-refractivity contribution in [2.45, 2.75) is 6.10 Å². The molecule has 1 atom stereocenters. The largest absolute Gasteiger partial charge is 0.387 e. The number of hydrogen-bond donors (Lipinski definition) is 1. The molecular formula is C15H22ClN3O2. The summed E-state index contributed by atoms with van der Waals surface area (Å²) in [4.78, 5) is 17.5. The Bertz CT molecular complexity index is 488. The number of benzene rings is 1. The lowest BCUT2D eigenvalue weighted by Gasteiger charge is -2.36. The number of piperazine rings is 1. The van der Waals surface area contributed by atoms with Crippen molar-refractivity contribution in [2.75, 3.05) is 46.8 Å². The van der Waals surface area contributed by atoms with E-state index in [4.69, 9.17) is 11.6 Å². The van der Waals surface area contributed by atoms with E-state index in [1.807, 2.05) is 17.0 Å². The second-order valence-corrected chi connectivity index (χ2v) is 5.97. The first kappa shape index (κ1) is 16.1. The van der Waals surface area contributed by atoms with Crippen molar-refractivity contribution in [2.24, 2.45) is 0 Å². The Morgan fingerprint density at radius 2 is 2.00 bits per heavy atom. The summed E-state index contributed by atoms with van der Waals surface area (Å²) in [6.45, 7) is 3.50. The van der Waals surface area contributed by atoms with E-state index in [1.54, 1.807) is 31.1 Å². The monoisotopic (exact) mass is 311 g/mol. The summed E-state index contributed by atoms with van der Waals surface area (Å²) in [5, 5.41) is 10.9. The zero-order valence-electron chi connectivity index (χ0n) is 12.5. The smallest absolute Gasteiger partial charge is 0.319 e. The van der Waals surface area contributed by atoms with E-state index in [0.29, 0.717) is 24.7 Å². The van der Waals surface area contributed by atoms with Crippen LogP contribution in [0.25, 0.3) is 0 Å².